The minimum atomic E-state index is -4.60. The monoisotopic (exact) mass is 520 g/mol. The maximum atomic E-state index is 14.3. The van der Waals surface area contributed by atoms with Gasteiger partial charge in [0.1, 0.15) is 18.1 Å². The molecule has 0 aliphatic heterocycles. The van der Waals surface area contributed by atoms with Crippen LogP contribution in [0.5, 0.6) is 5.75 Å². The average molecular weight is 521 g/mol. The first-order valence-corrected chi connectivity index (χ1v) is 12.7. The average Bonchev–Trinajstić information content (AvgIpc) is 3.42. The van der Waals surface area contributed by atoms with Gasteiger partial charge in [-0.05, 0) is 45.3 Å². The van der Waals surface area contributed by atoms with Gasteiger partial charge in [-0.1, -0.05) is 37.6 Å². The van der Waals surface area contributed by atoms with Crippen LogP contribution in [0.4, 0.5) is 13.2 Å². The molecule has 1 aliphatic carbocycles. The van der Waals surface area contributed by atoms with E-state index in [-0.39, 0.29) is 24.0 Å². The molecule has 0 saturated heterocycles. The van der Waals surface area contributed by atoms with Crippen LogP contribution in [0.1, 0.15) is 56.0 Å². The van der Waals surface area contributed by atoms with Gasteiger partial charge in [0, 0.05) is 24.8 Å². The minimum absolute atomic E-state index is 0.0303. The maximum Gasteiger partial charge on any atom is 0.433 e. The lowest BCUT2D eigenvalue weighted by Gasteiger charge is -2.36. The summed E-state index contributed by atoms with van der Waals surface area (Å²) in [4.78, 5) is 2.03. The number of rotatable bonds is 11. The van der Waals surface area contributed by atoms with E-state index in [0.717, 1.165) is 28.8 Å². The summed E-state index contributed by atoms with van der Waals surface area (Å²) in [6, 6.07) is 5.35. The first kappa shape index (κ1) is 27.2. The Bertz CT molecular complexity index is 1200. The highest BCUT2D eigenvalue weighted by atomic mass is 19.4. The molecular formula is C27H35F3N4O3. The van der Waals surface area contributed by atoms with Gasteiger partial charge in [0.2, 0.25) is 0 Å². The first-order chi connectivity index (χ1) is 17.7. The highest BCUT2D eigenvalue weighted by Gasteiger charge is 2.44. The topological polar surface area (TPSA) is 65.5 Å². The Morgan fingerprint density at radius 1 is 1.14 bits per heavy atom. The molecule has 2 aromatic heterocycles. The van der Waals surface area contributed by atoms with Crippen LogP contribution in [-0.2, 0) is 23.9 Å². The van der Waals surface area contributed by atoms with Crippen molar-refractivity contribution in [1.82, 2.24) is 19.8 Å². The summed E-state index contributed by atoms with van der Waals surface area (Å²) in [5.74, 6) is 1.18. The van der Waals surface area contributed by atoms with E-state index in [1.165, 1.54) is 13.3 Å². The summed E-state index contributed by atoms with van der Waals surface area (Å²) in [6.45, 7) is 5.35. The summed E-state index contributed by atoms with van der Waals surface area (Å²) >= 11 is 0. The molecule has 0 N–H and O–H groups in total. The molecular weight excluding hydrogens is 485 g/mol. The van der Waals surface area contributed by atoms with Crippen LogP contribution >= 0.6 is 0 Å². The molecule has 0 radical (unpaired) electrons. The third-order valence-electron chi connectivity index (χ3n) is 7.06. The summed E-state index contributed by atoms with van der Waals surface area (Å²) in [7, 11) is 5.44. The van der Waals surface area contributed by atoms with E-state index in [1.54, 1.807) is 0 Å². The van der Waals surface area contributed by atoms with E-state index in [2.05, 4.69) is 17.2 Å². The second-order valence-electron chi connectivity index (χ2n) is 9.81. The van der Waals surface area contributed by atoms with Crippen LogP contribution in [0.2, 0.25) is 0 Å². The number of alkyl halides is 3. The first-order valence-electron chi connectivity index (χ1n) is 12.7. The summed E-state index contributed by atoms with van der Waals surface area (Å²) in [6.07, 6.45) is -0.384. The van der Waals surface area contributed by atoms with Crippen molar-refractivity contribution in [3.05, 3.63) is 41.2 Å². The van der Waals surface area contributed by atoms with Crippen LogP contribution in [0, 0.1) is 5.92 Å². The van der Waals surface area contributed by atoms with Crippen molar-refractivity contribution in [1.29, 1.82) is 0 Å². The largest absolute Gasteiger partial charge is 0.492 e. The van der Waals surface area contributed by atoms with Crippen molar-refractivity contribution >= 4 is 0 Å². The number of hydrogen-bond acceptors (Lipinski definition) is 6. The van der Waals surface area contributed by atoms with Crippen molar-refractivity contribution in [3.8, 4) is 28.3 Å². The smallest absolute Gasteiger partial charge is 0.433 e. The van der Waals surface area contributed by atoms with Crippen LogP contribution in [0.15, 0.2) is 28.9 Å². The van der Waals surface area contributed by atoms with Gasteiger partial charge in [0.15, 0.2) is 11.5 Å². The van der Waals surface area contributed by atoms with Crippen LogP contribution < -0.4 is 4.74 Å². The zero-order valence-electron chi connectivity index (χ0n) is 22.1. The molecule has 37 heavy (non-hydrogen) atoms. The summed E-state index contributed by atoms with van der Waals surface area (Å²) in [5.41, 5.74) is 1.64. The van der Waals surface area contributed by atoms with Gasteiger partial charge < -0.3 is 18.9 Å². The minimum Gasteiger partial charge on any atom is -0.492 e. The van der Waals surface area contributed by atoms with Gasteiger partial charge in [-0.15, -0.1) is 0 Å². The molecule has 4 rings (SSSR count). The van der Waals surface area contributed by atoms with Crippen LogP contribution in [-0.4, -0.2) is 54.2 Å². The predicted octanol–water partition coefficient (Wildman–Crippen LogP) is 6.23. The van der Waals surface area contributed by atoms with Crippen LogP contribution in [0.25, 0.3) is 22.6 Å². The summed E-state index contributed by atoms with van der Waals surface area (Å²) < 4.78 is 61.2. The third kappa shape index (κ3) is 5.55. The van der Waals surface area contributed by atoms with Gasteiger partial charge in [0.25, 0.3) is 0 Å². The van der Waals surface area contributed by atoms with Crippen molar-refractivity contribution in [2.24, 2.45) is 5.92 Å². The Hall–Kier alpha value is -2.85. The van der Waals surface area contributed by atoms with E-state index in [9.17, 15) is 13.2 Å². The molecule has 0 amide bonds. The van der Waals surface area contributed by atoms with Gasteiger partial charge in [-0.2, -0.15) is 18.3 Å². The summed E-state index contributed by atoms with van der Waals surface area (Å²) in [5, 5.41) is 8.43. The van der Waals surface area contributed by atoms with E-state index in [0.29, 0.717) is 48.8 Å². The highest BCUT2D eigenvalue weighted by Crippen LogP contribution is 2.47. The van der Waals surface area contributed by atoms with E-state index in [1.807, 2.05) is 44.1 Å². The highest BCUT2D eigenvalue weighted by molar-refractivity contribution is 5.76. The van der Waals surface area contributed by atoms with Crippen molar-refractivity contribution in [3.63, 3.8) is 0 Å². The lowest BCUT2D eigenvalue weighted by atomic mass is 9.78. The Morgan fingerprint density at radius 3 is 2.51 bits per heavy atom. The van der Waals surface area contributed by atoms with Crippen LogP contribution in [0.3, 0.4) is 0 Å². The lowest BCUT2D eigenvalue weighted by molar-refractivity contribution is -0.145. The molecule has 1 saturated carbocycles. The molecule has 3 aromatic rings. The van der Waals surface area contributed by atoms with Crippen molar-refractivity contribution in [2.45, 2.75) is 58.4 Å². The molecule has 10 heteroatoms. The number of benzene rings is 1. The molecule has 2 heterocycles. The number of hydrogen-bond donors (Lipinski definition) is 0. The molecule has 202 valence electrons. The normalized spacial score (nSPS) is 17.9. The van der Waals surface area contributed by atoms with E-state index in [4.69, 9.17) is 14.0 Å². The molecule has 0 spiro atoms. The molecule has 0 bridgehead atoms. The van der Waals surface area contributed by atoms with Crippen molar-refractivity contribution in [2.75, 3.05) is 34.4 Å². The van der Waals surface area contributed by atoms with Gasteiger partial charge in [0.05, 0.1) is 30.0 Å². The molecule has 0 atom stereocenters. The number of halogens is 3. The van der Waals surface area contributed by atoms with E-state index < -0.39 is 11.9 Å². The second-order valence-corrected chi connectivity index (χ2v) is 9.81. The Morgan fingerprint density at radius 2 is 1.89 bits per heavy atom. The number of nitrogens with zero attached hydrogens (tertiary/aromatic N) is 4. The zero-order valence-corrected chi connectivity index (χ0v) is 22.1. The van der Waals surface area contributed by atoms with Gasteiger partial charge in [-0.3, -0.25) is 4.68 Å². The fraction of sp³-hybridized carbons (Fsp3) is 0.556. The number of methoxy groups -OCH3 is 1. The van der Waals surface area contributed by atoms with Crippen molar-refractivity contribution < 1.29 is 27.2 Å². The number of ether oxygens (including phenoxy) is 2. The molecule has 1 aliphatic rings. The standard InChI is InChI=1S/C27H35F3N4O3/c1-6-17-13-18(14-17)34-26(27(28,29)30)21(15-31-34)25-22(16-35-5)24(32-37-25)20-9-8-10-23(19(20)7-2)36-12-11-33(3)4/h8-10,15,17-18H,6-7,11-14,16H2,1-5H3. The fourth-order valence-corrected chi connectivity index (χ4v) is 4.96. The molecule has 1 fully saturated rings. The van der Waals surface area contributed by atoms with E-state index >= 15 is 0 Å². The quantitative estimate of drug-likeness (QED) is 0.298. The van der Waals surface area contributed by atoms with Gasteiger partial charge >= 0.3 is 6.18 Å². The molecule has 1 aromatic carbocycles. The van der Waals surface area contributed by atoms with Gasteiger partial charge in [-0.25, -0.2) is 0 Å². The SMILES string of the molecule is CCc1c(OCCN(C)C)cccc1-c1noc(-c2cnn(C3CC(CC)C3)c2C(F)(F)F)c1COC. The maximum absolute atomic E-state index is 14.3. The molecule has 0 unspecified atom stereocenters. The zero-order chi connectivity index (χ0) is 26.7. The Balaban J connectivity index is 1.77. The predicted molar refractivity (Wildman–Crippen MR) is 134 cm³/mol. The molecule has 7 nitrogen and oxygen atoms in total. The Kier molecular flexibility index (Phi) is 8.28. The Labute approximate surface area is 215 Å². The third-order valence-corrected chi connectivity index (χ3v) is 7.06. The lowest BCUT2D eigenvalue weighted by Crippen LogP contribution is -2.30. The second kappa shape index (κ2) is 11.3. The fourth-order valence-electron chi connectivity index (χ4n) is 4.96. The number of aromatic nitrogens is 3. The number of likely N-dealkylation sites (N-methyl/N-ethyl adjacent to an activating group) is 1.